The van der Waals surface area contributed by atoms with Crippen molar-refractivity contribution < 1.29 is 27.9 Å². The molecule has 0 aliphatic carbocycles. The first-order chi connectivity index (χ1) is 26.7. The number of nitrogens with one attached hydrogen (secondary N) is 3. The van der Waals surface area contributed by atoms with Crippen LogP contribution in [0, 0.1) is 11.6 Å². The summed E-state index contributed by atoms with van der Waals surface area (Å²) in [7, 11) is 1.62. The Morgan fingerprint density at radius 1 is 1.02 bits per heavy atom. The number of rotatable bonds is 10. The minimum atomic E-state index is -0.586. The third kappa shape index (κ3) is 7.38. The Kier molecular flexibility index (Phi) is 10.00. The van der Waals surface area contributed by atoms with Crippen LogP contribution >= 0.6 is 0 Å². The molecule has 0 bridgehead atoms. The molecule has 3 amide bonds. The number of nitrogens with zero attached hydrogens (tertiary/aromatic N) is 6. The normalized spacial score (nSPS) is 18.0. The van der Waals surface area contributed by atoms with Crippen molar-refractivity contribution in [1.29, 1.82) is 0 Å². The fourth-order valence-corrected chi connectivity index (χ4v) is 7.93. The number of benzene rings is 3. The minimum absolute atomic E-state index is 0.0326. The first-order valence-electron chi connectivity index (χ1n) is 18.6. The topological polar surface area (TPSA) is 150 Å². The number of ether oxygens (including phenoxy) is 1. The van der Waals surface area contributed by atoms with E-state index in [1.54, 1.807) is 47.4 Å². The van der Waals surface area contributed by atoms with E-state index in [1.807, 2.05) is 29.2 Å². The second-order valence-corrected chi connectivity index (χ2v) is 14.2. The van der Waals surface area contributed by atoms with Crippen molar-refractivity contribution in [3.05, 3.63) is 89.9 Å². The molecule has 3 aliphatic rings. The highest BCUT2D eigenvalue weighted by Crippen LogP contribution is 2.42. The Hall–Kier alpha value is -6.12. The summed E-state index contributed by atoms with van der Waals surface area (Å²) in [6.45, 7) is 2.56. The van der Waals surface area contributed by atoms with E-state index in [9.17, 15) is 14.4 Å². The molecule has 3 aromatic carbocycles. The maximum Gasteiger partial charge on any atom is 0.249 e. The molecule has 5 aromatic rings. The molecule has 0 saturated carbocycles. The summed E-state index contributed by atoms with van der Waals surface area (Å²) in [5.74, 6) is -0.667. The SMILES string of the molecule is COc1cc(C2CCN(c3ccc(NC4CCC(=O)NC4=O)cc3F)CC2)ccc1-c1cc(C2=CCCN(C(=O)CCn3ccnn3)C2)c(F)c2[nH]ncc12. The van der Waals surface area contributed by atoms with Crippen molar-refractivity contribution >= 4 is 45.6 Å². The van der Waals surface area contributed by atoms with Crippen LogP contribution in [0.2, 0.25) is 0 Å². The number of aryl methyl sites for hydroxylation is 1. The maximum absolute atomic E-state index is 16.1. The molecule has 1 unspecified atom stereocenters. The van der Waals surface area contributed by atoms with Gasteiger partial charge in [0.2, 0.25) is 17.7 Å². The van der Waals surface area contributed by atoms with Crippen molar-refractivity contribution in [1.82, 2.24) is 35.4 Å². The average Bonchev–Trinajstić information content (AvgIpc) is 3.92. The number of anilines is 2. The first-order valence-corrected chi connectivity index (χ1v) is 18.6. The average molecular weight is 750 g/mol. The van der Waals surface area contributed by atoms with Crippen LogP contribution in [0.4, 0.5) is 20.2 Å². The summed E-state index contributed by atoms with van der Waals surface area (Å²) in [6, 6.07) is 12.3. The van der Waals surface area contributed by atoms with Crippen LogP contribution in [0.15, 0.2) is 67.1 Å². The standard InChI is InChI=1S/C40H41F2N9O4/c1-55-35-19-25(24-10-15-49(16-11-24)34-8-5-27(20-32(34)41)45-33-7-9-36(52)46-40(33)54)4-6-28(35)30-21-29(38(42)39-31(30)22-44-47-39)26-3-2-14-50(23-26)37(53)12-17-51-18-13-43-48-51/h3-6,8,13,18-22,24,33,45H,2,7,9-12,14-17,23H2,1H3,(H,44,47)(H,46,52,54). The van der Waals surface area contributed by atoms with E-state index >= 15 is 8.78 Å². The number of hydrogen-bond acceptors (Lipinski definition) is 9. The number of halogens is 2. The van der Waals surface area contributed by atoms with Crippen LogP contribution in [-0.2, 0) is 20.9 Å². The number of carbonyl (C=O) groups is 3. The molecule has 284 valence electrons. The number of piperidine rings is 2. The zero-order valence-electron chi connectivity index (χ0n) is 30.4. The Labute approximate surface area is 315 Å². The summed E-state index contributed by atoms with van der Waals surface area (Å²) in [6.07, 6.45) is 9.98. The Morgan fingerprint density at radius 3 is 2.64 bits per heavy atom. The number of methoxy groups -OCH3 is 1. The number of aromatic nitrogens is 5. The van der Waals surface area contributed by atoms with Crippen molar-refractivity contribution in [2.45, 2.75) is 57.0 Å². The number of aromatic amines is 1. The van der Waals surface area contributed by atoms with Crippen molar-refractivity contribution in [2.75, 3.05) is 43.5 Å². The molecule has 3 N–H and O–H groups in total. The number of amides is 3. The lowest BCUT2D eigenvalue weighted by Crippen LogP contribution is -2.47. The van der Waals surface area contributed by atoms with Gasteiger partial charge in [-0.25, -0.2) is 8.78 Å². The van der Waals surface area contributed by atoms with Gasteiger partial charge in [0.25, 0.3) is 0 Å². The third-order valence-electron chi connectivity index (χ3n) is 10.9. The second kappa shape index (κ2) is 15.3. The largest absolute Gasteiger partial charge is 0.496 e. The fraction of sp³-hybridized carbons (Fsp3) is 0.350. The van der Waals surface area contributed by atoms with Crippen molar-refractivity contribution in [2.24, 2.45) is 0 Å². The van der Waals surface area contributed by atoms with Crippen LogP contribution in [0.1, 0.15) is 55.6 Å². The molecule has 13 nitrogen and oxygen atoms in total. The van der Waals surface area contributed by atoms with E-state index in [4.69, 9.17) is 4.74 Å². The van der Waals surface area contributed by atoms with Crippen molar-refractivity contribution in [3.8, 4) is 16.9 Å². The predicted octanol–water partition coefficient (Wildman–Crippen LogP) is 5.42. The number of fused-ring (bicyclic) bond motifs is 1. The summed E-state index contributed by atoms with van der Waals surface area (Å²) in [5, 5.41) is 20.7. The van der Waals surface area contributed by atoms with Crippen LogP contribution in [0.5, 0.6) is 5.75 Å². The van der Waals surface area contributed by atoms with Crippen LogP contribution in [-0.4, -0.2) is 87.1 Å². The lowest BCUT2D eigenvalue weighted by atomic mass is 9.87. The number of hydrogen-bond donors (Lipinski definition) is 3. The predicted molar refractivity (Wildman–Crippen MR) is 202 cm³/mol. The van der Waals surface area contributed by atoms with E-state index < -0.39 is 17.8 Å². The highest BCUT2D eigenvalue weighted by molar-refractivity contribution is 6.01. The molecule has 2 saturated heterocycles. The van der Waals surface area contributed by atoms with E-state index in [-0.39, 0.29) is 48.5 Å². The van der Waals surface area contributed by atoms with Gasteiger partial charge in [-0.1, -0.05) is 23.4 Å². The molecule has 2 fully saturated rings. The summed E-state index contributed by atoms with van der Waals surface area (Å²) in [4.78, 5) is 40.5. The third-order valence-corrected chi connectivity index (χ3v) is 10.9. The van der Waals surface area contributed by atoms with Crippen molar-refractivity contribution in [3.63, 3.8) is 0 Å². The Morgan fingerprint density at radius 2 is 1.87 bits per heavy atom. The van der Waals surface area contributed by atoms with Gasteiger partial charge in [0.1, 0.15) is 23.1 Å². The molecule has 2 aromatic heterocycles. The highest BCUT2D eigenvalue weighted by atomic mass is 19.1. The summed E-state index contributed by atoms with van der Waals surface area (Å²) < 4.78 is 39.1. The lowest BCUT2D eigenvalue weighted by molar-refractivity contribution is -0.134. The van der Waals surface area contributed by atoms with Gasteiger partial charge in [-0.15, -0.1) is 5.10 Å². The molecular formula is C40H41F2N9O4. The maximum atomic E-state index is 16.1. The number of carbonyl (C=O) groups excluding carboxylic acids is 3. The zero-order valence-corrected chi connectivity index (χ0v) is 30.4. The lowest BCUT2D eigenvalue weighted by Gasteiger charge is -2.34. The first kappa shape index (κ1) is 35.9. The van der Waals surface area contributed by atoms with Gasteiger partial charge in [-0.05, 0) is 78.6 Å². The molecule has 8 rings (SSSR count). The van der Waals surface area contributed by atoms with Gasteiger partial charge in [-0.3, -0.25) is 29.5 Å². The summed E-state index contributed by atoms with van der Waals surface area (Å²) >= 11 is 0. The van der Waals surface area contributed by atoms with E-state index in [1.165, 1.54) is 6.07 Å². The number of imide groups is 1. The molecule has 55 heavy (non-hydrogen) atoms. The molecule has 3 aliphatic heterocycles. The number of H-pyrrole nitrogens is 1. The van der Waals surface area contributed by atoms with Crippen LogP contribution in [0.3, 0.4) is 0 Å². The second-order valence-electron chi connectivity index (χ2n) is 14.2. The summed E-state index contributed by atoms with van der Waals surface area (Å²) in [5.41, 5.74) is 5.08. The van der Waals surface area contributed by atoms with Gasteiger partial charge >= 0.3 is 0 Å². The van der Waals surface area contributed by atoms with E-state index in [0.717, 1.165) is 35.1 Å². The smallest absolute Gasteiger partial charge is 0.249 e. The zero-order chi connectivity index (χ0) is 38.1. The van der Waals surface area contributed by atoms with Crippen LogP contribution in [0.25, 0.3) is 27.6 Å². The Balaban J connectivity index is 0.969. The van der Waals surface area contributed by atoms with Gasteiger partial charge < -0.3 is 19.9 Å². The van der Waals surface area contributed by atoms with E-state index in [2.05, 4.69) is 37.2 Å². The highest BCUT2D eigenvalue weighted by Gasteiger charge is 2.29. The molecular weight excluding hydrogens is 708 g/mol. The van der Waals surface area contributed by atoms with Gasteiger partial charge in [0.15, 0.2) is 5.82 Å². The quantitative estimate of drug-likeness (QED) is 0.159. The minimum Gasteiger partial charge on any atom is -0.496 e. The van der Waals surface area contributed by atoms with E-state index in [0.29, 0.717) is 67.1 Å². The van der Waals surface area contributed by atoms with Gasteiger partial charge in [0.05, 0.1) is 31.7 Å². The van der Waals surface area contributed by atoms with Crippen LogP contribution < -0.4 is 20.3 Å². The molecule has 1 atom stereocenters. The molecule has 15 heteroatoms. The monoisotopic (exact) mass is 749 g/mol. The molecule has 0 spiro atoms. The fourth-order valence-electron chi connectivity index (χ4n) is 7.93. The molecule has 0 radical (unpaired) electrons. The Bertz CT molecular complexity index is 2280. The van der Waals surface area contributed by atoms with Gasteiger partial charge in [-0.2, -0.15) is 5.10 Å². The molecule has 5 heterocycles. The van der Waals surface area contributed by atoms with Gasteiger partial charge in [0, 0.05) is 67.4 Å².